The number of carbonyl (C=O) groups is 1. The summed E-state index contributed by atoms with van der Waals surface area (Å²) in [5.41, 5.74) is 3.00. The van der Waals surface area contributed by atoms with Crippen molar-refractivity contribution in [1.82, 2.24) is 4.31 Å². The van der Waals surface area contributed by atoms with Gasteiger partial charge in [-0.1, -0.05) is 47.5 Å². The number of amides is 1. The summed E-state index contributed by atoms with van der Waals surface area (Å²) in [4.78, 5) is 12.7. The summed E-state index contributed by atoms with van der Waals surface area (Å²) in [6.45, 7) is 3.36. The van der Waals surface area contributed by atoms with E-state index in [0.29, 0.717) is 5.69 Å². The molecule has 0 fully saturated rings. The number of hydrogen-bond donors (Lipinski definition) is 2. The number of hydrogen-bond acceptors (Lipinski definition) is 5. The van der Waals surface area contributed by atoms with Crippen LogP contribution in [0.2, 0.25) is 0 Å². The highest BCUT2D eigenvalue weighted by molar-refractivity contribution is 7.89. The molecule has 1 amide bonds. The summed E-state index contributed by atoms with van der Waals surface area (Å²) in [6, 6.07) is 19.1. The molecule has 3 N–H and O–H groups in total. The van der Waals surface area contributed by atoms with Crippen LogP contribution in [0, 0.1) is 13.8 Å². The molecule has 3 rings (SSSR count). The third-order valence-corrected chi connectivity index (χ3v) is 7.66. The minimum atomic E-state index is -3.96. The highest BCUT2D eigenvalue weighted by Crippen LogP contribution is 2.20. The molecule has 8 nitrogen and oxygen atoms in total. The van der Waals surface area contributed by atoms with E-state index in [4.69, 9.17) is 5.14 Å². The van der Waals surface area contributed by atoms with Crippen molar-refractivity contribution in [2.75, 3.05) is 11.9 Å². The summed E-state index contributed by atoms with van der Waals surface area (Å²) in [7, 11) is -7.82. The SMILES string of the molecule is Cc1ccc(CN(CC(=O)Nc2ccc(S(N)(=O)=O)cc2)S(=O)(=O)c2ccc(C)cc2)cc1. The molecule has 0 aromatic heterocycles. The van der Waals surface area contributed by atoms with Crippen molar-refractivity contribution in [3.8, 4) is 0 Å². The van der Waals surface area contributed by atoms with E-state index in [9.17, 15) is 21.6 Å². The number of nitrogens with one attached hydrogen (secondary N) is 1. The maximum atomic E-state index is 13.3. The van der Waals surface area contributed by atoms with Gasteiger partial charge in [0.25, 0.3) is 0 Å². The lowest BCUT2D eigenvalue weighted by atomic mass is 10.1. The number of nitrogens with zero attached hydrogens (tertiary/aromatic N) is 1. The van der Waals surface area contributed by atoms with Crippen LogP contribution >= 0.6 is 0 Å². The minimum absolute atomic E-state index is 0.00820. The Morgan fingerprint density at radius 3 is 1.79 bits per heavy atom. The first-order chi connectivity index (χ1) is 15.4. The summed E-state index contributed by atoms with van der Waals surface area (Å²) < 4.78 is 50.5. The van der Waals surface area contributed by atoms with Crippen LogP contribution in [0.3, 0.4) is 0 Å². The molecular weight excluding hydrogens is 462 g/mol. The number of aryl methyl sites for hydroxylation is 2. The molecule has 3 aromatic carbocycles. The van der Waals surface area contributed by atoms with Gasteiger partial charge in [-0.05, 0) is 55.8 Å². The van der Waals surface area contributed by atoms with Crippen molar-refractivity contribution in [3.05, 3.63) is 89.5 Å². The Morgan fingerprint density at radius 2 is 1.27 bits per heavy atom. The van der Waals surface area contributed by atoms with Crippen LogP contribution in [0.1, 0.15) is 16.7 Å². The lowest BCUT2D eigenvalue weighted by molar-refractivity contribution is -0.116. The molecule has 0 spiro atoms. The average Bonchev–Trinajstić information content (AvgIpc) is 2.75. The summed E-state index contributed by atoms with van der Waals surface area (Å²) in [5.74, 6) is -0.568. The lowest BCUT2D eigenvalue weighted by Crippen LogP contribution is -2.37. The third kappa shape index (κ3) is 6.48. The van der Waals surface area contributed by atoms with Crippen molar-refractivity contribution >= 4 is 31.6 Å². The van der Waals surface area contributed by atoms with E-state index in [1.54, 1.807) is 12.1 Å². The van der Waals surface area contributed by atoms with Gasteiger partial charge in [0.1, 0.15) is 0 Å². The molecule has 174 valence electrons. The first-order valence-corrected chi connectivity index (χ1v) is 13.0. The predicted molar refractivity (Wildman–Crippen MR) is 126 cm³/mol. The Bertz CT molecular complexity index is 1330. The number of anilines is 1. The molecule has 3 aromatic rings. The topological polar surface area (TPSA) is 127 Å². The fourth-order valence-electron chi connectivity index (χ4n) is 3.07. The van der Waals surface area contributed by atoms with Crippen LogP contribution in [0.4, 0.5) is 5.69 Å². The van der Waals surface area contributed by atoms with Gasteiger partial charge in [-0.2, -0.15) is 4.31 Å². The van der Waals surface area contributed by atoms with Crippen molar-refractivity contribution in [2.45, 2.75) is 30.2 Å². The second-order valence-corrected chi connectivity index (χ2v) is 11.2. The van der Waals surface area contributed by atoms with Gasteiger partial charge in [-0.25, -0.2) is 22.0 Å². The predicted octanol–water partition coefficient (Wildman–Crippen LogP) is 2.78. The fourth-order valence-corrected chi connectivity index (χ4v) is 4.97. The molecule has 0 radical (unpaired) electrons. The normalized spacial score (nSPS) is 12.0. The molecule has 0 aliphatic heterocycles. The minimum Gasteiger partial charge on any atom is -0.325 e. The average molecular weight is 488 g/mol. The molecule has 0 saturated carbocycles. The first kappa shape index (κ1) is 24.6. The molecule has 0 aliphatic carbocycles. The summed E-state index contributed by atoms with van der Waals surface area (Å²) >= 11 is 0. The molecule has 10 heteroatoms. The quantitative estimate of drug-likeness (QED) is 0.505. The number of rotatable bonds is 8. The second kappa shape index (κ2) is 9.84. The lowest BCUT2D eigenvalue weighted by Gasteiger charge is -2.22. The zero-order valence-corrected chi connectivity index (χ0v) is 19.9. The van der Waals surface area contributed by atoms with Gasteiger partial charge in [-0.3, -0.25) is 4.79 Å². The molecule has 0 heterocycles. The molecule has 0 unspecified atom stereocenters. The number of sulfonamides is 2. The van der Waals surface area contributed by atoms with Gasteiger partial charge in [0.15, 0.2) is 0 Å². The van der Waals surface area contributed by atoms with Gasteiger partial charge in [0, 0.05) is 12.2 Å². The van der Waals surface area contributed by atoms with Crippen LogP contribution in [-0.4, -0.2) is 33.6 Å². The second-order valence-electron chi connectivity index (χ2n) is 7.69. The van der Waals surface area contributed by atoms with Crippen LogP contribution < -0.4 is 10.5 Å². The third-order valence-electron chi connectivity index (χ3n) is 4.92. The van der Waals surface area contributed by atoms with E-state index in [1.165, 1.54) is 36.4 Å². The van der Waals surface area contributed by atoms with Gasteiger partial charge < -0.3 is 5.32 Å². The Balaban J connectivity index is 1.84. The van der Waals surface area contributed by atoms with Crippen molar-refractivity contribution < 1.29 is 21.6 Å². The van der Waals surface area contributed by atoms with E-state index >= 15 is 0 Å². The standard InChI is InChI=1S/C23H25N3O5S2/c1-17-3-7-19(8-4-17)15-26(33(30,31)22-11-5-18(2)6-12-22)16-23(27)25-20-9-13-21(14-10-20)32(24,28)29/h3-14H,15-16H2,1-2H3,(H,25,27)(H2,24,28,29). The van der Waals surface area contributed by atoms with E-state index in [-0.39, 0.29) is 16.3 Å². The first-order valence-electron chi connectivity index (χ1n) is 10.0. The smallest absolute Gasteiger partial charge is 0.243 e. The maximum absolute atomic E-state index is 13.3. The summed E-state index contributed by atoms with van der Waals surface area (Å²) in [6.07, 6.45) is 0. The highest BCUT2D eigenvalue weighted by atomic mass is 32.2. The van der Waals surface area contributed by atoms with Crippen molar-refractivity contribution in [1.29, 1.82) is 0 Å². The van der Waals surface area contributed by atoms with Gasteiger partial charge >= 0.3 is 0 Å². The Morgan fingerprint density at radius 1 is 0.788 bits per heavy atom. The highest BCUT2D eigenvalue weighted by Gasteiger charge is 2.27. The van der Waals surface area contributed by atoms with Crippen LogP contribution in [0.15, 0.2) is 82.6 Å². The maximum Gasteiger partial charge on any atom is 0.243 e. The Kier molecular flexibility index (Phi) is 7.33. The zero-order valence-electron chi connectivity index (χ0n) is 18.2. The molecule has 0 saturated heterocycles. The van der Waals surface area contributed by atoms with E-state index in [1.807, 2.05) is 38.1 Å². The number of carbonyl (C=O) groups excluding carboxylic acids is 1. The molecule has 0 aliphatic rings. The van der Waals surface area contributed by atoms with Gasteiger partial charge in [0.05, 0.1) is 16.3 Å². The summed E-state index contributed by atoms with van der Waals surface area (Å²) in [5, 5.41) is 7.68. The van der Waals surface area contributed by atoms with Gasteiger partial charge in [-0.15, -0.1) is 0 Å². The number of benzene rings is 3. The molecule has 0 atom stereocenters. The van der Waals surface area contributed by atoms with Crippen LogP contribution in [-0.2, 0) is 31.4 Å². The largest absolute Gasteiger partial charge is 0.325 e. The Labute approximate surface area is 194 Å². The van der Waals surface area contributed by atoms with E-state index < -0.39 is 32.5 Å². The van der Waals surface area contributed by atoms with Crippen LogP contribution in [0.5, 0.6) is 0 Å². The van der Waals surface area contributed by atoms with E-state index in [0.717, 1.165) is 21.0 Å². The monoisotopic (exact) mass is 487 g/mol. The van der Waals surface area contributed by atoms with Gasteiger partial charge in [0.2, 0.25) is 26.0 Å². The van der Waals surface area contributed by atoms with Crippen molar-refractivity contribution in [3.63, 3.8) is 0 Å². The zero-order chi connectivity index (χ0) is 24.2. The molecular formula is C23H25N3O5S2. The van der Waals surface area contributed by atoms with E-state index in [2.05, 4.69) is 5.32 Å². The van der Waals surface area contributed by atoms with Crippen molar-refractivity contribution in [2.24, 2.45) is 5.14 Å². The van der Waals surface area contributed by atoms with Crippen LogP contribution in [0.25, 0.3) is 0 Å². The number of primary sulfonamides is 1. The molecule has 0 bridgehead atoms. The Hall–Kier alpha value is -3.05. The molecule has 33 heavy (non-hydrogen) atoms. The number of nitrogens with two attached hydrogens (primary N) is 1. The fraction of sp³-hybridized carbons (Fsp3) is 0.174.